The summed E-state index contributed by atoms with van der Waals surface area (Å²) in [5.74, 6) is -0.115. The quantitative estimate of drug-likeness (QED) is 0.592. The minimum absolute atomic E-state index is 0.115. The Hall–Kier alpha value is -1.69. The Kier molecular flexibility index (Phi) is 2.74. The molecule has 0 radical (unpaired) electrons. The number of nitrogens with zero attached hydrogens (tertiary/aromatic N) is 2. The van der Waals surface area contributed by atoms with Crippen LogP contribution in [0.25, 0.3) is 0 Å². The van der Waals surface area contributed by atoms with Crippen molar-refractivity contribution in [3.8, 4) is 0 Å². The summed E-state index contributed by atoms with van der Waals surface area (Å²) in [5.41, 5.74) is 0.354. The number of rotatable bonds is 3. The third kappa shape index (κ3) is 2.11. The van der Waals surface area contributed by atoms with E-state index in [1.54, 1.807) is 12.1 Å². The van der Waals surface area contributed by atoms with Gasteiger partial charge in [-0.25, -0.2) is 0 Å². The molecule has 16 heavy (non-hydrogen) atoms. The van der Waals surface area contributed by atoms with Gasteiger partial charge in [0.05, 0.1) is 0 Å². The van der Waals surface area contributed by atoms with Gasteiger partial charge in [0.2, 0.25) is 0 Å². The smallest absolute Gasteiger partial charge is 0.372 e. The van der Waals surface area contributed by atoms with E-state index in [0.29, 0.717) is 5.69 Å². The molecule has 1 aliphatic heterocycles. The van der Waals surface area contributed by atoms with E-state index in [1.807, 2.05) is 6.92 Å². The highest BCUT2D eigenvalue weighted by Crippen LogP contribution is 2.26. The standard InChI is InChI=1S/C10H14N4O2/c1-10(4-6-11-7-10)13-8-3-2-5-12-9(8)14(15)16/h2-3,5,11,13H,4,6-7H2,1H3. The van der Waals surface area contributed by atoms with Crippen LogP contribution in [0.4, 0.5) is 11.5 Å². The lowest BCUT2D eigenvalue weighted by Crippen LogP contribution is -2.37. The van der Waals surface area contributed by atoms with E-state index in [4.69, 9.17) is 0 Å². The highest BCUT2D eigenvalue weighted by Gasteiger charge is 2.30. The molecule has 0 spiro atoms. The highest BCUT2D eigenvalue weighted by molar-refractivity contribution is 5.58. The number of hydrogen-bond donors (Lipinski definition) is 2. The molecule has 1 aliphatic rings. The number of hydrogen-bond acceptors (Lipinski definition) is 5. The average molecular weight is 222 g/mol. The van der Waals surface area contributed by atoms with Crippen LogP contribution in [0.1, 0.15) is 13.3 Å². The van der Waals surface area contributed by atoms with Gasteiger partial charge in [-0.2, -0.15) is 0 Å². The van der Waals surface area contributed by atoms with Crippen LogP contribution in [0, 0.1) is 10.1 Å². The lowest BCUT2D eigenvalue weighted by Gasteiger charge is -2.25. The fraction of sp³-hybridized carbons (Fsp3) is 0.500. The Morgan fingerprint density at radius 1 is 1.69 bits per heavy atom. The second-order valence-electron chi connectivity index (χ2n) is 4.24. The van der Waals surface area contributed by atoms with Crippen LogP contribution < -0.4 is 10.6 Å². The molecule has 1 aromatic heterocycles. The summed E-state index contributed by atoms with van der Waals surface area (Å²) in [5, 5.41) is 17.2. The number of nitrogens with one attached hydrogen (secondary N) is 2. The summed E-state index contributed by atoms with van der Waals surface area (Å²) in [7, 11) is 0. The van der Waals surface area contributed by atoms with Gasteiger partial charge in [0.1, 0.15) is 11.9 Å². The minimum Gasteiger partial charge on any atom is -0.372 e. The number of nitro groups is 1. The summed E-state index contributed by atoms with van der Waals surface area (Å²) >= 11 is 0. The van der Waals surface area contributed by atoms with Crippen molar-refractivity contribution in [2.45, 2.75) is 18.9 Å². The molecule has 0 amide bonds. The van der Waals surface area contributed by atoms with Gasteiger partial charge >= 0.3 is 5.82 Å². The van der Waals surface area contributed by atoms with Crippen LogP contribution >= 0.6 is 0 Å². The summed E-state index contributed by atoms with van der Waals surface area (Å²) in [6, 6.07) is 3.38. The Bertz CT molecular complexity index is 402. The van der Waals surface area contributed by atoms with E-state index < -0.39 is 4.92 Å². The van der Waals surface area contributed by atoms with Crippen molar-refractivity contribution in [2.75, 3.05) is 18.4 Å². The highest BCUT2D eigenvalue weighted by atomic mass is 16.6. The van der Waals surface area contributed by atoms with Gasteiger partial charge < -0.3 is 20.7 Å². The first-order valence-corrected chi connectivity index (χ1v) is 5.19. The molecular weight excluding hydrogens is 208 g/mol. The van der Waals surface area contributed by atoms with Crippen LogP contribution in [0.3, 0.4) is 0 Å². The molecule has 1 atom stereocenters. The van der Waals surface area contributed by atoms with Gasteiger partial charge in [0.15, 0.2) is 0 Å². The summed E-state index contributed by atoms with van der Waals surface area (Å²) in [6.07, 6.45) is 2.37. The predicted molar refractivity (Wildman–Crippen MR) is 60.4 cm³/mol. The Labute approximate surface area is 93.2 Å². The molecule has 6 nitrogen and oxygen atoms in total. The summed E-state index contributed by atoms with van der Waals surface area (Å²) in [6.45, 7) is 3.78. The number of anilines is 1. The number of aromatic nitrogens is 1. The largest absolute Gasteiger partial charge is 0.386 e. The third-order valence-corrected chi connectivity index (χ3v) is 2.76. The maximum absolute atomic E-state index is 10.8. The van der Waals surface area contributed by atoms with Crippen molar-refractivity contribution in [3.63, 3.8) is 0 Å². The maximum atomic E-state index is 10.8. The lowest BCUT2D eigenvalue weighted by molar-refractivity contribution is -0.388. The fourth-order valence-electron chi connectivity index (χ4n) is 1.89. The van der Waals surface area contributed by atoms with E-state index in [-0.39, 0.29) is 11.4 Å². The predicted octanol–water partition coefficient (Wildman–Crippen LogP) is 1.15. The van der Waals surface area contributed by atoms with Crippen molar-refractivity contribution in [1.82, 2.24) is 10.3 Å². The fourth-order valence-corrected chi connectivity index (χ4v) is 1.89. The van der Waals surface area contributed by atoms with Gasteiger partial charge in [-0.15, -0.1) is 0 Å². The second-order valence-corrected chi connectivity index (χ2v) is 4.24. The van der Waals surface area contributed by atoms with Crippen LogP contribution in [-0.2, 0) is 0 Å². The van der Waals surface area contributed by atoms with E-state index in [9.17, 15) is 10.1 Å². The lowest BCUT2D eigenvalue weighted by atomic mass is 10.0. The molecule has 0 saturated carbocycles. The minimum atomic E-state index is -0.464. The van der Waals surface area contributed by atoms with Crippen molar-refractivity contribution in [1.29, 1.82) is 0 Å². The molecule has 2 rings (SSSR count). The molecule has 1 saturated heterocycles. The first kappa shape index (κ1) is 10.8. The molecule has 2 N–H and O–H groups in total. The van der Waals surface area contributed by atoms with Gasteiger partial charge in [-0.05, 0) is 41.9 Å². The first-order chi connectivity index (χ1) is 7.61. The molecule has 0 aliphatic carbocycles. The molecule has 86 valence electrons. The third-order valence-electron chi connectivity index (χ3n) is 2.76. The van der Waals surface area contributed by atoms with Crippen molar-refractivity contribution in [3.05, 3.63) is 28.4 Å². The Morgan fingerprint density at radius 2 is 2.50 bits per heavy atom. The van der Waals surface area contributed by atoms with E-state index in [2.05, 4.69) is 15.6 Å². The van der Waals surface area contributed by atoms with Crippen LogP contribution in [0.5, 0.6) is 0 Å². The van der Waals surface area contributed by atoms with Crippen LogP contribution in [-0.4, -0.2) is 28.5 Å². The molecule has 0 bridgehead atoms. The molecule has 2 heterocycles. The molecule has 1 fully saturated rings. The average Bonchev–Trinajstić information content (AvgIpc) is 2.65. The first-order valence-electron chi connectivity index (χ1n) is 5.19. The maximum Gasteiger partial charge on any atom is 0.386 e. The number of pyridine rings is 1. The second kappa shape index (κ2) is 4.05. The molecule has 6 heteroatoms. The normalized spacial score (nSPS) is 24.3. The van der Waals surface area contributed by atoms with Crippen molar-refractivity contribution >= 4 is 11.5 Å². The molecule has 0 aromatic carbocycles. The summed E-state index contributed by atoms with van der Waals surface area (Å²) < 4.78 is 0. The Morgan fingerprint density at radius 3 is 3.12 bits per heavy atom. The topological polar surface area (TPSA) is 80.1 Å². The van der Waals surface area contributed by atoms with Gasteiger partial charge in [0.25, 0.3) is 0 Å². The van der Waals surface area contributed by atoms with E-state index in [1.165, 1.54) is 6.20 Å². The van der Waals surface area contributed by atoms with E-state index in [0.717, 1.165) is 19.5 Å². The summed E-state index contributed by atoms with van der Waals surface area (Å²) in [4.78, 5) is 14.1. The van der Waals surface area contributed by atoms with Crippen molar-refractivity contribution in [2.24, 2.45) is 0 Å². The van der Waals surface area contributed by atoms with Crippen molar-refractivity contribution < 1.29 is 4.92 Å². The van der Waals surface area contributed by atoms with Gasteiger partial charge in [-0.3, -0.25) is 0 Å². The Balaban J connectivity index is 2.23. The molecule has 1 unspecified atom stereocenters. The monoisotopic (exact) mass is 222 g/mol. The van der Waals surface area contributed by atoms with Crippen LogP contribution in [0.15, 0.2) is 18.3 Å². The zero-order chi connectivity index (χ0) is 11.6. The zero-order valence-electron chi connectivity index (χ0n) is 9.06. The molecular formula is C10H14N4O2. The van der Waals surface area contributed by atoms with Gasteiger partial charge in [-0.1, -0.05) is 0 Å². The van der Waals surface area contributed by atoms with Crippen LogP contribution in [0.2, 0.25) is 0 Å². The van der Waals surface area contributed by atoms with E-state index >= 15 is 0 Å². The SMILES string of the molecule is CC1(Nc2cccnc2[N+](=O)[O-])CCNC1. The molecule has 1 aromatic rings. The zero-order valence-corrected chi connectivity index (χ0v) is 9.06. The van der Waals surface area contributed by atoms with Gasteiger partial charge in [0, 0.05) is 12.1 Å².